The number of nitrogen functional groups attached to an aromatic ring is 1. The van der Waals surface area contributed by atoms with Crippen LogP contribution in [-0.4, -0.2) is 4.92 Å². The number of ether oxygens (including phenoxy) is 1. The molecule has 0 aromatic heterocycles. The van der Waals surface area contributed by atoms with E-state index in [1.165, 1.54) is 12.1 Å². The first-order valence-electron chi connectivity index (χ1n) is 5.56. The minimum atomic E-state index is -1.29. The van der Waals surface area contributed by atoms with Crippen LogP contribution >= 0.6 is 0 Å². The third-order valence-corrected chi connectivity index (χ3v) is 2.59. The number of anilines is 1. The van der Waals surface area contributed by atoms with Crippen LogP contribution in [0.1, 0.15) is 5.56 Å². The molecule has 2 rings (SSSR count). The molecule has 0 radical (unpaired) electrons. The van der Waals surface area contributed by atoms with Gasteiger partial charge in [0, 0.05) is 17.8 Å². The van der Waals surface area contributed by atoms with Crippen LogP contribution in [0.25, 0.3) is 0 Å². The molecule has 0 atom stereocenters. The van der Waals surface area contributed by atoms with Gasteiger partial charge in [0.2, 0.25) is 11.6 Å². The van der Waals surface area contributed by atoms with Gasteiger partial charge in [0.05, 0.1) is 4.92 Å². The van der Waals surface area contributed by atoms with Crippen LogP contribution < -0.4 is 10.5 Å². The number of aryl methyl sites for hydroxylation is 1. The van der Waals surface area contributed by atoms with Crippen molar-refractivity contribution >= 4 is 11.4 Å². The Balaban J connectivity index is 2.50. The minimum Gasteiger partial charge on any atom is -0.450 e. The van der Waals surface area contributed by atoms with Crippen molar-refractivity contribution < 1.29 is 18.4 Å². The molecule has 0 aliphatic rings. The number of rotatable bonds is 3. The largest absolute Gasteiger partial charge is 0.450 e. The van der Waals surface area contributed by atoms with Gasteiger partial charge in [0.25, 0.3) is 0 Å². The molecule has 20 heavy (non-hydrogen) atoms. The summed E-state index contributed by atoms with van der Waals surface area (Å²) < 4.78 is 31.9. The van der Waals surface area contributed by atoms with Crippen LogP contribution in [0.4, 0.5) is 20.2 Å². The fourth-order valence-corrected chi connectivity index (χ4v) is 1.70. The number of hydrogen-bond acceptors (Lipinski definition) is 4. The summed E-state index contributed by atoms with van der Waals surface area (Å²) in [6.45, 7) is 1.66. The Morgan fingerprint density at radius 1 is 1.20 bits per heavy atom. The van der Waals surface area contributed by atoms with Crippen molar-refractivity contribution in [3.8, 4) is 11.5 Å². The highest BCUT2D eigenvalue weighted by molar-refractivity contribution is 5.53. The Morgan fingerprint density at radius 3 is 2.50 bits per heavy atom. The summed E-state index contributed by atoms with van der Waals surface area (Å²) in [7, 11) is 0. The Bertz CT molecular complexity index is 690. The lowest BCUT2D eigenvalue weighted by Gasteiger charge is -2.10. The molecule has 0 bridgehead atoms. The maximum absolute atomic E-state index is 13.4. The summed E-state index contributed by atoms with van der Waals surface area (Å²) >= 11 is 0. The smallest absolute Gasteiger partial charge is 0.347 e. The Hall–Kier alpha value is -2.70. The van der Waals surface area contributed by atoms with Crippen molar-refractivity contribution in [1.29, 1.82) is 0 Å². The molecular formula is C13H10F2N2O3. The van der Waals surface area contributed by atoms with E-state index in [4.69, 9.17) is 10.5 Å². The van der Waals surface area contributed by atoms with E-state index in [-0.39, 0.29) is 5.75 Å². The van der Waals surface area contributed by atoms with Gasteiger partial charge < -0.3 is 10.5 Å². The zero-order valence-corrected chi connectivity index (χ0v) is 10.4. The molecule has 104 valence electrons. The van der Waals surface area contributed by atoms with Crippen molar-refractivity contribution in [3.63, 3.8) is 0 Å². The van der Waals surface area contributed by atoms with E-state index in [9.17, 15) is 18.9 Å². The molecule has 2 N–H and O–H groups in total. The van der Waals surface area contributed by atoms with Gasteiger partial charge in [-0.15, -0.1) is 0 Å². The highest BCUT2D eigenvalue weighted by Gasteiger charge is 2.24. The van der Waals surface area contributed by atoms with E-state index >= 15 is 0 Å². The van der Waals surface area contributed by atoms with Crippen LogP contribution in [0.15, 0.2) is 30.3 Å². The first kappa shape index (κ1) is 13.7. The molecule has 2 aromatic rings. The third kappa shape index (κ3) is 2.66. The zero-order chi connectivity index (χ0) is 14.9. The van der Waals surface area contributed by atoms with Gasteiger partial charge in [0.15, 0.2) is 0 Å². The predicted octanol–water partition coefficient (Wildman–Crippen LogP) is 3.56. The van der Waals surface area contributed by atoms with Crippen molar-refractivity contribution in [2.75, 3.05) is 5.73 Å². The summed E-state index contributed by atoms with van der Waals surface area (Å²) in [5, 5.41) is 10.8. The summed E-state index contributed by atoms with van der Waals surface area (Å²) in [5.74, 6) is -2.53. The normalized spacial score (nSPS) is 10.3. The minimum absolute atomic E-state index is 0.229. The van der Waals surface area contributed by atoms with Gasteiger partial charge >= 0.3 is 5.69 Å². The molecular weight excluding hydrogens is 270 g/mol. The second kappa shape index (κ2) is 5.12. The average Bonchev–Trinajstić information content (AvgIpc) is 2.31. The summed E-state index contributed by atoms with van der Waals surface area (Å²) in [5.41, 5.74) is 5.72. The first-order valence-corrected chi connectivity index (χ1v) is 5.56. The van der Waals surface area contributed by atoms with Crippen molar-refractivity contribution in [1.82, 2.24) is 0 Å². The molecule has 0 saturated carbocycles. The van der Waals surface area contributed by atoms with E-state index in [0.717, 1.165) is 6.07 Å². The molecule has 0 amide bonds. The van der Waals surface area contributed by atoms with E-state index in [1.54, 1.807) is 13.0 Å². The van der Waals surface area contributed by atoms with E-state index in [1.807, 2.05) is 0 Å². The fourth-order valence-electron chi connectivity index (χ4n) is 1.70. The van der Waals surface area contributed by atoms with Crippen LogP contribution in [0.3, 0.4) is 0 Å². The van der Waals surface area contributed by atoms with Gasteiger partial charge in [-0.2, -0.15) is 4.39 Å². The van der Waals surface area contributed by atoms with E-state index < -0.39 is 28.0 Å². The number of hydrogen-bond donors (Lipinski definition) is 1. The molecule has 0 spiro atoms. The van der Waals surface area contributed by atoms with Gasteiger partial charge in [-0.05, 0) is 30.7 Å². The zero-order valence-electron chi connectivity index (χ0n) is 10.4. The molecule has 2 aromatic carbocycles. The quantitative estimate of drug-likeness (QED) is 0.529. The van der Waals surface area contributed by atoms with Gasteiger partial charge in [-0.1, -0.05) is 0 Å². The lowest BCUT2D eigenvalue weighted by Crippen LogP contribution is -1.99. The van der Waals surface area contributed by atoms with Gasteiger partial charge in [0.1, 0.15) is 11.6 Å². The van der Waals surface area contributed by atoms with Crippen LogP contribution in [0.5, 0.6) is 11.5 Å². The second-order valence-electron chi connectivity index (χ2n) is 4.12. The van der Waals surface area contributed by atoms with E-state index in [0.29, 0.717) is 17.3 Å². The number of nitro benzene ring substituents is 1. The molecule has 7 heteroatoms. The van der Waals surface area contributed by atoms with Crippen molar-refractivity contribution in [2.24, 2.45) is 0 Å². The molecule has 0 saturated heterocycles. The Morgan fingerprint density at radius 2 is 1.90 bits per heavy atom. The van der Waals surface area contributed by atoms with Crippen LogP contribution in [-0.2, 0) is 0 Å². The monoisotopic (exact) mass is 280 g/mol. The molecule has 0 aliphatic heterocycles. The number of nitro groups is 1. The van der Waals surface area contributed by atoms with E-state index in [2.05, 4.69) is 0 Å². The third-order valence-electron chi connectivity index (χ3n) is 2.59. The molecule has 0 aliphatic carbocycles. The Labute approximate surface area is 112 Å². The predicted molar refractivity (Wildman–Crippen MR) is 68.7 cm³/mol. The highest BCUT2D eigenvalue weighted by atomic mass is 19.1. The summed E-state index contributed by atoms with van der Waals surface area (Å²) in [6.07, 6.45) is 0. The molecule has 0 unspecified atom stereocenters. The summed E-state index contributed by atoms with van der Waals surface area (Å²) in [6, 6.07) is 5.76. The number of nitrogens with two attached hydrogens (primary N) is 1. The molecule has 0 heterocycles. The maximum Gasteiger partial charge on any atom is 0.347 e. The molecule has 0 fully saturated rings. The molecule has 5 nitrogen and oxygen atoms in total. The number of nitrogens with zero attached hydrogens (tertiary/aromatic N) is 1. The van der Waals surface area contributed by atoms with Crippen LogP contribution in [0, 0.1) is 28.7 Å². The topological polar surface area (TPSA) is 78.4 Å². The number of benzene rings is 2. The lowest BCUT2D eigenvalue weighted by molar-refractivity contribution is -0.388. The second-order valence-corrected chi connectivity index (χ2v) is 4.12. The maximum atomic E-state index is 13.4. The van der Waals surface area contributed by atoms with Gasteiger partial charge in [-0.3, -0.25) is 10.1 Å². The average molecular weight is 280 g/mol. The van der Waals surface area contributed by atoms with Crippen molar-refractivity contribution in [3.05, 3.63) is 57.6 Å². The van der Waals surface area contributed by atoms with Gasteiger partial charge in [-0.25, -0.2) is 4.39 Å². The first-order chi connectivity index (χ1) is 9.38. The Kier molecular flexibility index (Phi) is 3.51. The SMILES string of the molecule is Cc1cc(N)ccc1Oc1cc(F)cc(F)c1[N+](=O)[O-]. The lowest BCUT2D eigenvalue weighted by atomic mass is 10.2. The summed E-state index contributed by atoms with van der Waals surface area (Å²) in [4.78, 5) is 9.86. The van der Waals surface area contributed by atoms with Crippen molar-refractivity contribution in [2.45, 2.75) is 6.92 Å². The highest BCUT2D eigenvalue weighted by Crippen LogP contribution is 2.35. The fraction of sp³-hybridized carbons (Fsp3) is 0.0769. The van der Waals surface area contributed by atoms with Crippen LogP contribution in [0.2, 0.25) is 0 Å². The standard InChI is InChI=1S/C13H10F2N2O3/c1-7-4-9(16)2-3-11(7)20-12-6-8(14)5-10(15)13(12)17(18)19/h2-6H,16H2,1H3. The number of halogens is 2.